The zero-order valence-electron chi connectivity index (χ0n) is 19.3. The first kappa shape index (κ1) is 23.2. The van der Waals surface area contributed by atoms with E-state index in [1.165, 1.54) is 10.5 Å². The number of carbonyl (C=O) groups is 1. The van der Waals surface area contributed by atoms with Crippen LogP contribution in [-0.4, -0.2) is 63.7 Å². The third-order valence-corrected chi connectivity index (χ3v) is 6.40. The zero-order valence-corrected chi connectivity index (χ0v) is 20.1. The maximum absolute atomic E-state index is 13.1. The van der Waals surface area contributed by atoms with Crippen molar-refractivity contribution in [2.75, 3.05) is 42.9 Å². The van der Waals surface area contributed by atoms with Gasteiger partial charge in [0.15, 0.2) is 6.04 Å². The highest BCUT2D eigenvalue weighted by Crippen LogP contribution is 2.25. The molecule has 2 heterocycles. The molecule has 0 spiro atoms. The molecule has 1 fully saturated rings. The van der Waals surface area contributed by atoms with E-state index >= 15 is 0 Å². The molecule has 1 N–H and O–H groups in total. The second-order valence-corrected chi connectivity index (χ2v) is 8.71. The number of nitrogens with zero attached hydrogens (tertiary/aromatic N) is 6. The zero-order chi connectivity index (χ0) is 23.4. The van der Waals surface area contributed by atoms with E-state index in [4.69, 9.17) is 11.6 Å². The van der Waals surface area contributed by atoms with Crippen LogP contribution in [0.1, 0.15) is 31.9 Å². The molecule has 0 saturated carbocycles. The first-order chi connectivity index (χ1) is 16.0. The van der Waals surface area contributed by atoms with Crippen LogP contribution in [0.2, 0.25) is 5.02 Å². The maximum Gasteiger partial charge on any atom is 0.251 e. The van der Waals surface area contributed by atoms with Crippen molar-refractivity contribution in [3.05, 3.63) is 53.1 Å². The molecule has 1 aliphatic heterocycles. The first-order valence-corrected chi connectivity index (χ1v) is 11.8. The van der Waals surface area contributed by atoms with Crippen LogP contribution < -0.4 is 10.2 Å². The van der Waals surface area contributed by atoms with Crippen LogP contribution in [0.3, 0.4) is 0 Å². The van der Waals surface area contributed by atoms with E-state index in [1.807, 2.05) is 32.0 Å². The fourth-order valence-corrected chi connectivity index (χ4v) is 4.17. The number of hydrogen-bond donors (Lipinski definition) is 1. The van der Waals surface area contributed by atoms with Gasteiger partial charge >= 0.3 is 0 Å². The molecule has 0 bridgehead atoms. The van der Waals surface area contributed by atoms with Gasteiger partial charge in [-0.05, 0) is 73.1 Å². The number of amides is 1. The Kier molecular flexibility index (Phi) is 7.25. The summed E-state index contributed by atoms with van der Waals surface area (Å²) in [5.41, 5.74) is 3.82. The van der Waals surface area contributed by atoms with Crippen LogP contribution in [0.25, 0.3) is 11.4 Å². The summed E-state index contributed by atoms with van der Waals surface area (Å²) < 4.78 is 0. The van der Waals surface area contributed by atoms with Crippen molar-refractivity contribution in [2.24, 2.45) is 0 Å². The number of benzene rings is 2. The highest BCUT2D eigenvalue weighted by atomic mass is 35.5. The summed E-state index contributed by atoms with van der Waals surface area (Å²) in [4.78, 5) is 19.3. The Morgan fingerprint density at radius 1 is 1.09 bits per heavy atom. The minimum atomic E-state index is -0.556. The van der Waals surface area contributed by atoms with Gasteiger partial charge in [0.05, 0.1) is 0 Å². The van der Waals surface area contributed by atoms with Crippen LogP contribution >= 0.6 is 11.6 Å². The van der Waals surface area contributed by atoms with E-state index in [9.17, 15) is 4.79 Å². The Hall–Kier alpha value is -2.97. The van der Waals surface area contributed by atoms with Gasteiger partial charge in [-0.2, -0.15) is 4.80 Å². The third-order valence-electron chi connectivity index (χ3n) is 6.15. The van der Waals surface area contributed by atoms with Crippen molar-refractivity contribution in [1.29, 1.82) is 0 Å². The Labute approximate surface area is 199 Å². The largest absolute Gasteiger partial charge is 0.369 e. The van der Waals surface area contributed by atoms with Crippen LogP contribution in [0.15, 0.2) is 42.5 Å². The van der Waals surface area contributed by atoms with Crippen molar-refractivity contribution in [3.8, 4) is 11.4 Å². The quantitative estimate of drug-likeness (QED) is 0.565. The highest BCUT2D eigenvalue weighted by Gasteiger charge is 2.23. The van der Waals surface area contributed by atoms with Crippen molar-refractivity contribution >= 4 is 28.9 Å². The molecule has 1 amide bonds. The number of hydrogen-bond acceptors (Lipinski definition) is 6. The van der Waals surface area contributed by atoms with Gasteiger partial charge in [0.2, 0.25) is 5.82 Å². The molecule has 1 aromatic heterocycles. The van der Waals surface area contributed by atoms with Crippen LogP contribution in [-0.2, 0) is 4.79 Å². The monoisotopic (exact) mass is 467 g/mol. The summed E-state index contributed by atoms with van der Waals surface area (Å²) in [6.45, 7) is 11.4. The van der Waals surface area contributed by atoms with Crippen LogP contribution in [0.4, 0.5) is 11.4 Å². The number of aromatic nitrogens is 4. The number of rotatable bonds is 7. The normalized spacial score (nSPS) is 15.5. The molecule has 1 aliphatic rings. The Morgan fingerprint density at radius 3 is 2.45 bits per heavy atom. The molecule has 2 aromatic carbocycles. The number of carbonyl (C=O) groups excluding carboxylic acids is 1. The predicted octanol–water partition coefficient (Wildman–Crippen LogP) is 4.03. The van der Waals surface area contributed by atoms with Crippen molar-refractivity contribution in [1.82, 2.24) is 25.1 Å². The molecule has 1 saturated heterocycles. The lowest BCUT2D eigenvalue weighted by Gasteiger charge is -2.35. The summed E-state index contributed by atoms with van der Waals surface area (Å²) >= 11 is 5.96. The number of aryl methyl sites for hydroxylation is 1. The maximum atomic E-state index is 13.1. The van der Waals surface area contributed by atoms with Crippen LogP contribution in [0.5, 0.6) is 0 Å². The molecule has 0 aliphatic carbocycles. The number of likely N-dealkylation sites (N-methyl/N-ethyl adjacent to an activating group) is 1. The Bertz CT molecular complexity index is 1090. The van der Waals surface area contributed by atoms with Gasteiger partial charge in [0, 0.05) is 48.1 Å². The third kappa shape index (κ3) is 5.34. The topological polar surface area (TPSA) is 79.2 Å². The second kappa shape index (κ2) is 10.3. The Balaban J connectivity index is 1.44. The van der Waals surface area contributed by atoms with E-state index < -0.39 is 6.04 Å². The van der Waals surface area contributed by atoms with E-state index in [2.05, 4.69) is 49.6 Å². The lowest BCUT2D eigenvalue weighted by molar-refractivity contribution is -0.120. The highest BCUT2D eigenvalue weighted by molar-refractivity contribution is 6.30. The number of tetrazole rings is 1. The SMILES string of the molecule is CCC(C(=O)Nc1ccc(N2CCN(CC)CC2)cc1C)n1nnc(-c2ccc(Cl)cc2)n1. The van der Waals surface area contributed by atoms with Gasteiger partial charge in [-0.25, -0.2) is 0 Å². The van der Waals surface area contributed by atoms with Gasteiger partial charge in [-0.1, -0.05) is 25.4 Å². The Morgan fingerprint density at radius 2 is 1.82 bits per heavy atom. The fraction of sp³-hybridized carbons (Fsp3) is 0.417. The number of halogens is 1. The van der Waals surface area contributed by atoms with Gasteiger partial charge < -0.3 is 15.1 Å². The fourth-order valence-electron chi connectivity index (χ4n) is 4.05. The van der Waals surface area contributed by atoms with Gasteiger partial charge in [0.1, 0.15) is 0 Å². The standard InChI is InChI=1S/C24H30ClN7O/c1-4-22(32-28-23(27-29-32)18-6-8-19(25)9-7-18)24(33)26-21-11-10-20(16-17(21)3)31-14-12-30(5-2)13-15-31/h6-11,16,22H,4-5,12-15H2,1-3H3,(H,26,33). The summed E-state index contributed by atoms with van der Waals surface area (Å²) in [5.74, 6) is 0.298. The summed E-state index contributed by atoms with van der Waals surface area (Å²) in [5, 5.41) is 16.4. The average Bonchev–Trinajstić information content (AvgIpc) is 3.31. The number of anilines is 2. The minimum absolute atomic E-state index is 0.162. The number of nitrogens with one attached hydrogen (secondary N) is 1. The molecule has 4 rings (SSSR count). The first-order valence-electron chi connectivity index (χ1n) is 11.4. The van der Waals surface area contributed by atoms with Gasteiger partial charge in [-0.3, -0.25) is 4.79 Å². The predicted molar refractivity (Wildman–Crippen MR) is 132 cm³/mol. The van der Waals surface area contributed by atoms with E-state index in [-0.39, 0.29) is 5.91 Å². The molecule has 1 atom stereocenters. The summed E-state index contributed by atoms with van der Waals surface area (Å²) in [6.07, 6.45) is 0.543. The molecule has 174 valence electrons. The molecular formula is C24H30ClN7O. The minimum Gasteiger partial charge on any atom is -0.369 e. The van der Waals surface area contributed by atoms with Crippen molar-refractivity contribution < 1.29 is 4.79 Å². The van der Waals surface area contributed by atoms with E-state index in [0.29, 0.717) is 17.3 Å². The van der Waals surface area contributed by atoms with E-state index in [1.54, 1.807) is 12.1 Å². The van der Waals surface area contributed by atoms with Crippen LogP contribution in [0, 0.1) is 6.92 Å². The van der Waals surface area contributed by atoms with Crippen molar-refractivity contribution in [3.63, 3.8) is 0 Å². The molecule has 33 heavy (non-hydrogen) atoms. The lowest BCUT2D eigenvalue weighted by Crippen LogP contribution is -2.46. The van der Waals surface area contributed by atoms with E-state index in [0.717, 1.165) is 49.5 Å². The summed E-state index contributed by atoms with van der Waals surface area (Å²) in [7, 11) is 0. The molecule has 1 unspecified atom stereocenters. The molecule has 8 nitrogen and oxygen atoms in total. The smallest absolute Gasteiger partial charge is 0.251 e. The van der Waals surface area contributed by atoms with Gasteiger partial charge in [0.25, 0.3) is 5.91 Å². The average molecular weight is 468 g/mol. The number of piperazine rings is 1. The molecular weight excluding hydrogens is 438 g/mol. The molecule has 9 heteroatoms. The molecule has 3 aromatic rings. The molecule has 0 radical (unpaired) electrons. The second-order valence-electron chi connectivity index (χ2n) is 8.27. The van der Waals surface area contributed by atoms with Gasteiger partial charge in [-0.15, -0.1) is 10.2 Å². The van der Waals surface area contributed by atoms with Crippen molar-refractivity contribution in [2.45, 2.75) is 33.2 Å². The lowest BCUT2D eigenvalue weighted by atomic mass is 10.1. The summed E-state index contributed by atoms with van der Waals surface area (Å²) in [6, 6.07) is 12.9.